The smallest absolute Gasteiger partial charge is 0.243 e. The number of amides is 2. The maximum atomic E-state index is 12.2. The zero-order chi connectivity index (χ0) is 14.0. The molecule has 1 aliphatic carbocycles. The van der Waals surface area contributed by atoms with Crippen molar-refractivity contribution in [2.75, 3.05) is 12.3 Å². The zero-order valence-electron chi connectivity index (χ0n) is 12.1. The van der Waals surface area contributed by atoms with Gasteiger partial charge in [0.15, 0.2) is 0 Å². The summed E-state index contributed by atoms with van der Waals surface area (Å²) in [5, 5.41) is 3.01. The van der Waals surface area contributed by atoms with Crippen molar-refractivity contribution in [2.24, 2.45) is 0 Å². The highest BCUT2D eigenvalue weighted by Crippen LogP contribution is 2.26. The van der Waals surface area contributed by atoms with Gasteiger partial charge in [0.2, 0.25) is 11.8 Å². The number of hydrogen-bond acceptors (Lipinski definition) is 3. The van der Waals surface area contributed by atoms with Gasteiger partial charge < -0.3 is 10.2 Å². The predicted octanol–water partition coefficient (Wildman–Crippen LogP) is 1.79. The van der Waals surface area contributed by atoms with E-state index >= 15 is 0 Å². The van der Waals surface area contributed by atoms with Crippen molar-refractivity contribution in [3.63, 3.8) is 0 Å². The first kappa shape index (κ1) is 14.7. The van der Waals surface area contributed by atoms with Gasteiger partial charge in [-0.1, -0.05) is 20.8 Å². The highest BCUT2D eigenvalue weighted by atomic mass is 32.2. The number of likely N-dealkylation sites (tertiary alicyclic amines) is 1. The summed E-state index contributed by atoms with van der Waals surface area (Å²) >= 11 is 1.65. The molecular formula is C14H24N2O2S. The third-order valence-electron chi connectivity index (χ3n) is 3.43. The Hall–Kier alpha value is -0.710. The molecule has 1 atom stereocenters. The van der Waals surface area contributed by atoms with Crippen LogP contribution in [0.25, 0.3) is 0 Å². The molecule has 0 aromatic rings. The summed E-state index contributed by atoms with van der Waals surface area (Å²) in [4.78, 5) is 26.1. The largest absolute Gasteiger partial charge is 0.352 e. The van der Waals surface area contributed by atoms with Gasteiger partial charge in [0.25, 0.3) is 0 Å². The standard InChI is InChI=1S/C14H24N2O2S/c1-14(2,3)19-9-12(17)16-8-4-5-11(16)13(18)15-10-6-7-10/h10-11H,4-9H2,1-3H3,(H,15,18). The van der Waals surface area contributed by atoms with E-state index in [-0.39, 0.29) is 22.6 Å². The highest BCUT2D eigenvalue weighted by Gasteiger charge is 2.36. The molecule has 1 unspecified atom stereocenters. The van der Waals surface area contributed by atoms with Crippen molar-refractivity contribution in [3.05, 3.63) is 0 Å². The molecule has 108 valence electrons. The topological polar surface area (TPSA) is 49.4 Å². The number of hydrogen-bond donors (Lipinski definition) is 1. The van der Waals surface area contributed by atoms with Crippen molar-refractivity contribution in [3.8, 4) is 0 Å². The summed E-state index contributed by atoms with van der Waals surface area (Å²) in [6.07, 6.45) is 3.93. The lowest BCUT2D eigenvalue weighted by Gasteiger charge is -2.25. The van der Waals surface area contributed by atoms with Crippen LogP contribution in [-0.2, 0) is 9.59 Å². The second-order valence-electron chi connectivity index (χ2n) is 6.43. The lowest BCUT2D eigenvalue weighted by atomic mass is 10.2. The Morgan fingerprint density at radius 2 is 1.95 bits per heavy atom. The van der Waals surface area contributed by atoms with Gasteiger partial charge >= 0.3 is 0 Å². The molecule has 2 amide bonds. The van der Waals surface area contributed by atoms with Gasteiger partial charge in [-0.05, 0) is 25.7 Å². The fraction of sp³-hybridized carbons (Fsp3) is 0.857. The quantitative estimate of drug-likeness (QED) is 0.856. The molecule has 0 aromatic carbocycles. The van der Waals surface area contributed by atoms with Gasteiger partial charge in [0, 0.05) is 17.3 Å². The summed E-state index contributed by atoms with van der Waals surface area (Å²) in [6.45, 7) is 7.04. The van der Waals surface area contributed by atoms with Crippen molar-refractivity contribution < 1.29 is 9.59 Å². The fourth-order valence-corrected chi connectivity index (χ4v) is 2.95. The molecule has 5 heteroatoms. The lowest BCUT2D eigenvalue weighted by molar-refractivity contribution is -0.136. The third kappa shape index (κ3) is 4.41. The van der Waals surface area contributed by atoms with Crippen LogP contribution in [0, 0.1) is 0 Å². The van der Waals surface area contributed by atoms with Crippen LogP contribution in [0.5, 0.6) is 0 Å². The van der Waals surface area contributed by atoms with Crippen molar-refractivity contribution in [1.29, 1.82) is 0 Å². The Morgan fingerprint density at radius 3 is 2.53 bits per heavy atom. The van der Waals surface area contributed by atoms with Gasteiger partial charge in [-0.15, -0.1) is 11.8 Å². The summed E-state index contributed by atoms with van der Waals surface area (Å²) < 4.78 is 0.0845. The number of carbonyl (C=O) groups excluding carboxylic acids is 2. The average molecular weight is 284 g/mol. The van der Waals surface area contributed by atoms with Crippen LogP contribution in [0.1, 0.15) is 46.5 Å². The van der Waals surface area contributed by atoms with E-state index in [0.717, 1.165) is 32.2 Å². The van der Waals surface area contributed by atoms with Crippen molar-refractivity contribution >= 4 is 23.6 Å². The van der Waals surface area contributed by atoms with E-state index in [2.05, 4.69) is 26.1 Å². The monoisotopic (exact) mass is 284 g/mol. The molecule has 0 bridgehead atoms. The van der Waals surface area contributed by atoms with Crippen LogP contribution in [-0.4, -0.2) is 45.8 Å². The number of nitrogens with zero attached hydrogens (tertiary/aromatic N) is 1. The Balaban J connectivity index is 1.86. The van der Waals surface area contributed by atoms with Crippen molar-refractivity contribution in [2.45, 2.75) is 63.3 Å². The summed E-state index contributed by atoms with van der Waals surface area (Å²) in [5.41, 5.74) is 0. The Labute approximate surface area is 119 Å². The van der Waals surface area contributed by atoms with Gasteiger partial charge in [-0.3, -0.25) is 9.59 Å². The molecule has 2 aliphatic rings. The minimum Gasteiger partial charge on any atom is -0.352 e. The van der Waals surface area contributed by atoms with E-state index in [1.165, 1.54) is 0 Å². The van der Waals surface area contributed by atoms with E-state index in [4.69, 9.17) is 0 Å². The van der Waals surface area contributed by atoms with Crippen LogP contribution < -0.4 is 5.32 Å². The number of rotatable bonds is 4. The first-order valence-corrected chi connectivity index (χ1v) is 8.09. The maximum absolute atomic E-state index is 12.2. The van der Waals surface area contributed by atoms with E-state index in [9.17, 15) is 9.59 Å². The molecule has 0 aromatic heterocycles. The first-order valence-electron chi connectivity index (χ1n) is 7.10. The lowest BCUT2D eigenvalue weighted by Crippen LogP contribution is -2.47. The van der Waals surface area contributed by atoms with E-state index in [1.54, 1.807) is 16.7 Å². The Bertz CT molecular complexity index is 361. The normalized spacial score (nSPS) is 23.5. The minimum absolute atomic E-state index is 0.0501. The minimum atomic E-state index is -0.228. The van der Waals surface area contributed by atoms with E-state index in [0.29, 0.717) is 11.8 Å². The number of carbonyl (C=O) groups is 2. The van der Waals surface area contributed by atoms with Gasteiger partial charge in [-0.25, -0.2) is 0 Å². The molecule has 1 saturated carbocycles. The molecule has 1 heterocycles. The fourth-order valence-electron chi connectivity index (χ4n) is 2.22. The molecule has 2 rings (SSSR count). The molecule has 1 saturated heterocycles. The van der Waals surface area contributed by atoms with Crippen LogP contribution in [0.3, 0.4) is 0 Å². The predicted molar refractivity (Wildman–Crippen MR) is 78.1 cm³/mol. The second-order valence-corrected chi connectivity index (χ2v) is 8.23. The van der Waals surface area contributed by atoms with Gasteiger partial charge in [-0.2, -0.15) is 0 Å². The molecule has 4 nitrogen and oxygen atoms in total. The molecule has 0 radical (unpaired) electrons. The number of thioether (sulfide) groups is 1. The summed E-state index contributed by atoms with van der Waals surface area (Å²) in [6, 6.07) is 0.141. The molecule has 1 N–H and O–H groups in total. The van der Waals surface area contributed by atoms with Crippen LogP contribution in [0.4, 0.5) is 0 Å². The second kappa shape index (κ2) is 5.73. The first-order chi connectivity index (χ1) is 8.87. The zero-order valence-corrected chi connectivity index (χ0v) is 12.9. The van der Waals surface area contributed by atoms with Gasteiger partial charge in [0.05, 0.1) is 5.75 Å². The van der Waals surface area contributed by atoms with E-state index < -0.39 is 0 Å². The van der Waals surface area contributed by atoms with E-state index in [1.807, 2.05) is 0 Å². The van der Waals surface area contributed by atoms with Crippen LogP contribution in [0.2, 0.25) is 0 Å². The highest BCUT2D eigenvalue weighted by molar-refractivity contribution is 8.01. The molecule has 0 spiro atoms. The molecular weight excluding hydrogens is 260 g/mol. The summed E-state index contributed by atoms with van der Waals surface area (Å²) in [5.74, 6) is 0.624. The van der Waals surface area contributed by atoms with Crippen molar-refractivity contribution in [1.82, 2.24) is 10.2 Å². The summed E-state index contributed by atoms with van der Waals surface area (Å²) in [7, 11) is 0. The average Bonchev–Trinajstić information content (AvgIpc) is 2.98. The molecule has 19 heavy (non-hydrogen) atoms. The Kier molecular flexibility index (Phi) is 4.43. The van der Waals surface area contributed by atoms with Crippen LogP contribution >= 0.6 is 11.8 Å². The van der Waals surface area contributed by atoms with Gasteiger partial charge in [0.1, 0.15) is 6.04 Å². The third-order valence-corrected chi connectivity index (χ3v) is 4.69. The Morgan fingerprint density at radius 1 is 1.26 bits per heavy atom. The molecule has 2 fully saturated rings. The number of nitrogens with one attached hydrogen (secondary N) is 1. The molecule has 1 aliphatic heterocycles. The van der Waals surface area contributed by atoms with Crippen LogP contribution in [0.15, 0.2) is 0 Å². The maximum Gasteiger partial charge on any atom is 0.243 e. The SMILES string of the molecule is CC(C)(C)SCC(=O)N1CCCC1C(=O)NC1CC1.